The molecule has 0 aliphatic heterocycles. The molecule has 0 radical (unpaired) electrons. The average molecular weight is 678 g/mol. The summed E-state index contributed by atoms with van der Waals surface area (Å²) in [5.41, 5.74) is 3.80. The monoisotopic (exact) mass is 677 g/mol. The molecule has 7 rings (SSSR count). The molecule has 0 spiro atoms. The van der Waals surface area contributed by atoms with Crippen molar-refractivity contribution < 1.29 is 19.1 Å². The molecule has 6 aromatic heterocycles. The second kappa shape index (κ2) is 14.4. The normalized spacial score (nSPS) is 12.6. The first-order valence-corrected chi connectivity index (χ1v) is 16.4. The highest BCUT2D eigenvalue weighted by atomic mass is 16.5. The predicted molar refractivity (Wildman–Crippen MR) is 180 cm³/mol. The molecule has 50 heavy (non-hydrogen) atoms. The molecule has 2 N–H and O–H groups in total. The number of aromatic nitrogens is 10. The number of carbonyl (C=O) groups excluding carboxylic acids is 2. The molecule has 0 unspecified atom stereocenters. The van der Waals surface area contributed by atoms with Crippen molar-refractivity contribution >= 4 is 57.3 Å². The van der Waals surface area contributed by atoms with Gasteiger partial charge in [0.2, 0.25) is 11.9 Å². The third-order valence-corrected chi connectivity index (χ3v) is 8.11. The number of aryl methyl sites for hydroxylation is 1. The van der Waals surface area contributed by atoms with E-state index in [1.807, 2.05) is 22.9 Å². The van der Waals surface area contributed by atoms with Gasteiger partial charge in [-0.2, -0.15) is 25.4 Å². The Morgan fingerprint density at radius 3 is 2.24 bits per heavy atom. The van der Waals surface area contributed by atoms with Gasteiger partial charge in [-0.15, -0.1) is 0 Å². The van der Waals surface area contributed by atoms with E-state index in [4.69, 9.17) is 19.7 Å². The number of hydrogen-bond acceptors (Lipinski definition) is 13. The van der Waals surface area contributed by atoms with Crippen LogP contribution in [0.25, 0.3) is 22.1 Å². The molecule has 0 aromatic carbocycles. The first-order chi connectivity index (χ1) is 24.4. The maximum Gasteiger partial charge on any atom is 0.327 e. The molecule has 0 saturated heterocycles. The van der Waals surface area contributed by atoms with Gasteiger partial charge in [0.1, 0.15) is 24.4 Å². The van der Waals surface area contributed by atoms with Crippen LogP contribution in [0.5, 0.6) is 0 Å². The van der Waals surface area contributed by atoms with Gasteiger partial charge < -0.3 is 29.2 Å². The van der Waals surface area contributed by atoms with E-state index in [0.717, 1.165) is 34.3 Å². The van der Waals surface area contributed by atoms with Crippen molar-refractivity contribution in [3.8, 4) is 6.07 Å². The number of ether oxygens (including phenoxy) is 2. The Balaban J connectivity index is 0.949. The fraction of sp³-hybridized carbons (Fsp3) is 0.364. The van der Waals surface area contributed by atoms with Crippen LogP contribution in [0.4, 0.5) is 23.3 Å². The number of anilines is 4. The Morgan fingerprint density at radius 1 is 0.920 bits per heavy atom. The number of hydrogen-bond donors (Lipinski definition) is 2. The number of nitrogens with one attached hydrogen (secondary N) is 2. The number of carbonyl (C=O) groups is 2. The number of fused-ring (bicyclic) bond motifs is 2. The quantitative estimate of drug-likeness (QED) is 0.141. The standard InChI is InChI=1S/C33H35N13O4/c1-2-49-28(47)20-44-18-26(16-37-44)40-33-36-14-24-12-27(46(31(24)42-33)17-22-4-5-22)7-11-50-29(48)21-45-19-25(15-38-45)39-32-35-13-23-6-10-43(9-3-8-34)30(23)41-32/h6,10,12-16,18-19,22H,2-5,7,9,11,17,20-21H2,1H3,(H,35,39,41)(H,36,40,42). The van der Waals surface area contributed by atoms with Crippen molar-refractivity contribution in [3.05, 3.63) is 61.2 Å². The van der Waals surface area contributed by atoms with Crippen molar-refractivity contribution in [3.63, 3.8) is 0 Å². The highest BCUT2D eigenvalue weighted by Gasteiger charge is 2.24. The zero-order valence-corrected chi connectivity index (χ0v) is 27.4. The van der Waals surface area contributed by atoms with Crippen molar-refractivity contribution in [1.29, 1.82) is 5.26 Å². The second-order valence-corrected chi connectivity index (χ2v) is 11.9. The summed E-state index contributed by atoms with van der Waals surface area (Å²) in [5, 5.41) is 25.5. The molecular formula is C33H35N13O4. The molecule has 0 amide bonds. The molecule has 17 heteroatoms. The molecule has 0 atom stereocenters. The number of rotatable bonds is 16. The van der Waals surface area contributed by atoms with Gasteiger partial charge in [0, 0.05) is 67.0 Å². The van der Waals surface area contributed by atoms with Gasteiger partial charge in [-0.05, 0) is 37.8 Å². The lowest BCUT2D eigenvalue weighted by Crippen LogP contribution is -2.16. The van der Waals surface area contributed by atoms with E-state index in [-0.39, 0.29) is 25.7 Å². The maximum atomic E-state index is 12.7. The van der Waals surface area contributed by atoms with Gasteiger partial charge in [-0.1, -0.05) is 0 Å². The van der Waals surface area contributed by atoms with Crippen LogP contribution < -0.4 is 10.6 Å². The lowest BCUT2D eigenvalue weighted by Gasteiger charge is -2.11. The van der Waals surface area contributed by atoms with Gasteiger partial charge >= 0.3 is 11.9 Å². The number of esters is 2. The van der Waals surface area contributed by atoms with E-state index in [1.165, 1.54) is 22.2 Å². The molecular weight excluding hydrogens is 642 g/mol. The molecule has 1 aliphatic carbocycles. The van der Waals surface area contributed by atoms with Gasteiger partial charge in [0.25, 0.3) is 0 Å². The van der Waals surface area contributed by atoms with Crippen molar-refractivity contribution in [2.75, 3.05) is 23.8 Å². The lowest BCUT2D eigenvalue weighted by atomic mass is 10.3. The summed E-state index contributed by atoms with van der Waals surface area (Å²) < 4.78 is 17.7. The van der Waals surface area contributed by atoms with Gasteiger partial charge in [-0.3, -0.25) is 19.0 Å². The first kappa shape index (κ1) is 32.2. The van der Waals surface area contributed by atoms with Crippen molar-refractivity contribution in [2.24, 2.45) is 5.92 Å². The van der Waals surface area contributed by atoms with Crippen LogP contribution in [0.15, 0.2) is 55.5 Å². The second-order valence-electron chi connectivity index (χ2n) is 11.9. The molecule has 6 heterocycles. The van der Waals surface area contributed by atoms with Crippen LogP contribution in [-0.4, -0.2) is 73.8 Å². The average Bonchev–Trinajstić information content (AvgIpc) is 3.37. The molecule has 1 aliphatic rings. The van der Waals surface area contributed by atoms with Crippen LogP contribution >= 0.6 is 0 Å². The van der Waals surface area contributed by atoms with Gasteiger partial charge in [0.05, 0.1) is 49.5 Å². The van der Waals surface area contributed by atoms with E-state index in [1.54, 1.807) is 44.1 Å². The minimum Gasteiger partial charge on any atom is -0.465 e. The highest BCUT2D eigenvalue weighted by Crippen LogP contribution is 2.33. The van der Waals surface area contributed by atoms with E-state index in [2.05, 4.69) is 46.4 Å². The van der Waals surface area contributed by atoms with Crippen molar-refractivity contribution in [1.82, 2.24) is 48.6 Å². The molecule has 256 valence electrons. The lowest BCUT2D eigenvalue weighted by molar-refractivity contribution is -0.145. The Labute approximate surface area is 285 Å². The smallest absolute Gasteiger partial charge is 0.327 e. The third kappa shape index (κ3) is 7.70. The summed E-state index contributed by atoms with van der Waals surface area (Å²) in [6, 6.07) is 6.10. The van der Waals surface area contributed by atoms with Crippen LogP contribution in [0.2, 0.25) is 0 Å². The van der Waals surface area contributed by atoms with Gasteiger partial charge in [-0.25, -0.2) is 9.97 Å². The zero-order chi connectivity index (χ0) is 34.5. The van der Waals surface area contributed by atoms with Crippen molar-refractivity contribution in [2.45, 2.75) is 58.8 Å². The van der Waals surface area contributed by atoms with Crippen LogP contribution in [0.1, 0.15) is 31.9 Å². The van der Waals surface area contributed by atoms with E-state index >= 15 is 0 Å². The largest absolute Gasteiger partial charge is 0.465 e. The number of nitriles is 1. The molecule has 1 saturated carbocycles. The summed E-state index contributed by atoms with van der Waals surface area (Å²) >= 11 is 0. The zero-order valence-electron chi connectivity index (χ0n) is 27.4. The van der Waals surface area contributed by atoms with Crippen LogP contribution in [0.3, 0.4) is 0 Å². The van der Waals surface area contributed by atoms with E-state index < -0.39 is 5.97 Å². The highest BCUT2D eigenvalue weighted by molar-refractivity contribution is 5.79. The minimum atomic E-state index is -0.410. The van der Waals surface area contributed by atoms with E-state index in [9.17, 15) is 9.59 Å². The third-order valence-electron chi connectivity index (χ3n) is 8.11. The molecule has 17 nitrogen and oxygen atoms in total. The first-order valence-electron chi connectivity index (χ1n) is 16.4. The predicted octanol–water partition coefficient (Wildman–Crippen LogP) is 3.73. The fourth-order valence-electron chi connectivity index (χ4n) is 5.58. The Morgan fingerprint density at radius 2 is 1.58 bits per heavy atom. The Kier molecular flexibility index (Phi) is 9.31. The Bertz CT molecular complexity index is 2190. The molecule has 1 fully saturated rings. The number of nitrogens with zero attached hydrogens (tertiary/aromatic N) is 11. The molecule has 0 bridgehead atoms. The minimum absolute atomic E-state index is 0.0162. The molecule has 6 aromatic rings. The SMILES string of the molecule is CCOC(=O)Cn1cc(Nc2ncc3cc(CCOC(=O)Cn4cc(Nc5ncc6ccn(CCC#N)c6n5)cn4)n(CC4CC4)c3n2)cn1. The fourth-order valence-corrected chi connectivity index (χ4v) is 5.58. The topological polar surface area (TPSA) is 198 Å². The van der Waals surface area contributed by atoms with E-state index in [0.29, 0.717) is 55.2 Å². The summed E-state index contributed by atoms with van der Waals surface area (Å²) in [6.07, 6.45) is 15.2. The Hall–Kier alpha value is -6.31. The summed E-state index contributed by atoms with van der Waals surface area (Å²) in [6.45, 7) is 3.60. The maximum absolute atomic E-state index is 12.7. The summed E-state index contributed by atoms with van der Waals surface area (Å²) in [4.78, 5) is 42.7. The summed E-state index contributed by atoms with van der Waals surface area (Å²) in [5.74, 6) is 0.608. The summed E-state index contributed by atoms with van der Waals surface area (Å²) in [7, 11) is 0. The van der Waals surface area contributed by atoms with Crippen LogP contribution in [-0.2, 0) is 51.7 Å². The van der Waals surface area contributed by atoms with Crippen LogP contribution in [0, 0.1) is 17.2 Å². The van der Waals surface area contributed by atoms with Gasteiger partial charge in [0.15, 0.2) is 0 Å².